The van der Waals surface area contributed by atoms with E-state index in [-0.39, 0.29) is 0 Å². The van der Waals surface area contributed by atoms with Gasteiger partial charge in [-0.3, -0.25) is 0 Å². The van der Waals surface area contributed by atoms with Crippen molar-refractivity contribution < 1.29 is 0 Å². The third kappa shape index (κ3) is 3.78. The molecule has 0 atom stereocenters. The van der Waals surface area contributed by atoms with Crippen LogP contribution in [-0.4, -0.2) is 0 Å². The number of rotatable bonds is 2. The van der Waals surface area contributed by atoms with Crippen molar-refractivity contribution in [2.75, 3.05) is 0 Å². The summed E-state index contributed by atoms with van der Waals surface area (Å²) >= 11 is 0. The lowest BCUT2D eigenvalue weighted by Crippen LogP contribution is -2.00. The summed E-state index contributed by atoms with van der Waals surface area (Å²) in [6.45, 7) is 23.0. The van der Waals surface area contributed by atoms with Crippen LogP contribution in [0.25, 0.3) is 97.7 Å². The number of hydrogen-bond donors (Lipinski definition) is 0. The predicted molar refractivity (Wildman–Crippen MR) is 230 cm³/mol. The summed E-state index contributed by atoms with van der Waals surface area (Å²) < 4.78 is 0. The highest BCUT2D eigenvalue weighted by atomic mass is 14.3. The standard InChI is InChI=1S/C52H44/c1-25-27(3)31(7)48(32(8)28(25)4)35-21-44-36-15-11-12-16-37(36)46-23-42-40-19-20-41(49-33(9)29(5)26(2)30(6)34(49)10)51-39-18-14-13-17-38(39)47(52(40)51)24-43(42)45(22-35)50(44)46/h11-24H,1-10H3. The molecule has 0 saturated carbocycles. The van der Waals surface area contributed by atoms with Crippen molar-refractivity contribution in [3.8, 4) is 22.3 Å². The Kier molecular flexibility index (Phi) is 6.35. The summed E-state index contributed by atoms with van der Waals surface area (Å²) in [5.74, 6) is 0. The maximum Gasteiger partial charge on any atom is -0.00137 e. The molecule has 0 N–H and O–H groups in total. The minimum Gasteiger partial charge on any atom is -0.0616 e. The molecule has 0 heteroatoms. The van der Waals surface area contributed by atoms with Crippen LogP contribution >= 0.6 is 0 Å². The summed E-state index contributed by atoms with van der Waals surface area (Å²) in [6, 6.07) is 33.2. The lowest BCUT2D eigenvalue weighted by molar-refractivity contribution is 1.18. The molecule has 252 valence electrons. The molecular weight excluding hydrogens is 625 g/mol. The third-order valence-electron chi connectivity index (χ3n) is 13.9. The van der Waals surface area contributed by atoms with Crippen LogP contribution < -0.4 is 0 Å². The van der Waals surface area contributed by atoms with Gasteiger partial charge in [-0.15, -0.1) is 0 Å². The van der Waals surface area contributed by atoms with Crippen molar-refractivity contribution in [3.63, 3.8) is 0 Å². The van der Waals surface area contributed by atoms with Crippen molar-refractivity contribution in [3.05, 3.63) is 141 Å². The molecule has 0 bridgehead atoms. The van der Waals surface area contributed by atoms with Crippen LogP contribution in [0.4, 0.5) is 0 Å². The maximum atomic E-state index is 2.54. The van der Waals surface area contributed by atoms with Crippen molar-refractivity contribution in [1.29, 1.82) is 0 Å². The molecule has 0 aliphatic rings. The Labute approximate surface area is 306 Å². The van der Waals surface area contributed by atoms with Gasteiger partial charge in [0.1, 0.15) is 0 Å². The van der Waals surface area contributed by atoms with Gasteiger partial charge in [-0.05, 0) is 247 Å². The number of fused-ring (bicyclic) bond motifs is 9. The van der Waals surface area contributed by atoms with E-state index in [9.17, 15) is 0 Å². The van der Waals surface area contributed by atoms with Gasteiger partial charge >= 0.3 is 0 Å². The smallest absolute Gasteiger partial charge is 0.00137 e. The topological polar surface area (TPSA) is 0 Å². The molecule has 0 aliphatic carbocycles. The molecular formula is C52H44. The van der Waals surface area contributed by atoms with Crippen molar-refractivity contribution in [1.82, 2.24) is 0 Å². The van der Waals surface area contributed by atoms with Gasteiger partial charge < -0.3 is 0 Å². The minimum absolute atomic E-state index is 1.32. The fraction of sp³-hybridized carbons (Fsp3) is 0.192. The minimum atomic E-state index is 1.32. The fourth-order valence-electron chi connectivity index (χ4n) is 10.3. The normalized spacial score (nSPS) is 12.4. The largest absolute Gasteiger partial charge is 0.0616 e. The molecule has 0 heterocycles. The van der Waals surface area contributed by atoms with E-state index >= 15 is 0 Å². The van der Waals surface area contributed by atoms with Crippen molar-refractivity contribution in [2.45, 2.75) is 69.2 Å². The van der Waals surface area contributed by atoms with Gasteiger partial charge in [0, 0.05) is 0 Å². The summed E-state index contributed by atoms with van der Waals surface area (Å²) in [7, 11) is 0. The average Bonchev–Trinajstić information content (AvgIpc) is 3.66. The van der Waals surface area contributed by atoms with E-state index in [1.165, 1.54) is 153 Å². The highest BCUT2D eigenvalue weighted by Gasteiger charge is 2.24. The molecule has 0 amide bonds. The fourth-order valence-corrected chi connectivity index (χ4v) is 10.3. The lowest BCUT2D eigenvalue weighted by Gasteiger charge is -2.21. The SMILES string of the molecule is Cc1c(C)c(C)c(-c2cc3c4ccccc4c4cc5c(cc6c7ccccc7c7c(-c8c(C)c(C)c(C)c(C)c8C)ccc5c67)c(c2)c34)c(C)c1C. The molecule has 10 rings (SSSR count). The molecule has 0 saturated heterocycles. The Balaban J connectivity index is 1.42. The first-order valence-corrected chi connectivity index (χ1v) is 18.9. The van der Waals surface area contributed by atoms with E-state index in [0.29, 0.717) is 0 Å². The van der Waals surface area contributed by atoms with Gasteiger partial charge in [0.25, 0.3) is 0 Å². The molecule has 0 fully saturated rings. The van der Waals surface area contributed by atoms with Crippen LogP contribution in [0.1, 0.15) is 55.6 Å². The monoisotopic (exact) mass is 668 g/mol. The second-order valence-corrected chi connectivity index (χ2v) is 15.9. The van der Waals surface area contributed by atoms with Crippen molar-refractivity contribution >= 4 is 75.4 Å². The summed E-state index contributed by atoms with van der Waals surface area (Å²) in [6.07, 6.45) is 0. The first-order valence-electron chi connectivity index (χ1n) is 18.9. The van der Waals surface area contributed by atoms with Crippen molar-refractivity contribution in [2.24, 2.45) is 0 Å². The zero-order chi connectivity index (χ0) is 36.1. The Morgan fingerprint density at radius 3 is 1.15 bits per heavy atom. The Hall–Kier alpha value is -5.46. The molecule has 0 aliphatic heterocycles. The van der Waals surface area contributed by atoms with Crippen LogP contribution in [0.5, 0.6) is 0 Å². The van der Waals surface area contributed by atoms with Gasteiger partial charge in [-0.25, -0.2) is 0 Å². The first kappa shape index (κ1) is 31.3. The zero-order valence-corrected chi connectivity index (χ0v) is 32.1. The van der Waals surface area contributed by atoms with E-state index in [4.69, 9.17) is 0 Å². The summed E-state index contributed by atoms with van der Waals surface area (Å²) in [4.78, 5) is 0. The van der Waals surface area contributed by atoms with E-state index in [1.54, 1.807) is 0 Å². The quantitative estimate of drug-likeness (QED) is 0.161. The molecule has 0 radical (unpaired) electrons. The molecule has 10 aromatic carbocycles. The van der Waals surface area contributed by atoms with Crippen LogP contribution in [-0.2, 0) is 0 Å². The predicted octanol–water partition coefficient (Wildman–Crippen LogP) is 15.1. The van der Waals surface area contributed by atoms with Gasteiger partial charge in [-0.1, -0.05) is 60.7 Å². The van der Waals surface area contributed by atoms with Gasteiger partial charge in [-0.2, -0.15) is 0 Å². The number of hydrogen-bond acceptors (Lipinski definition) is 0. The Morgan fingerprint density at radius 1 is 0.250 bits per heavy atom. The molecule has 52 heavy (non-hydrogen) atoms. The van der Waals surface area contributed by atoms with E-state index in [1.807, 2.05) is 0 Å². The molecule has 0 spiro atoms. The van der Waals surface area contributed by atoms with E-state index in [0.717, 1.165) is 0 Å². The highest BCUT2D eigenvalue weighted by molar-refractivity contribution is 6.42. The van der Waals surface area contributed by atoms with E-state index in [2.05, 4.69) is 154 Å². The second-order valence-electron chi connectivity index (χ2n) is 15.9. The van der Waals surface area contributed by atoms with Gasteiger partial charge in [0.2, 0.25) is 0 Å². The van der Waals surface area contributed by atoms with Crippen LogP contribution in [0.3, 0.4) is 0 Å². The Bertz CT molecular complexity index is 3140. The maximum absolute atomic E-state index is 2.54. The molecule has 0 aromatic heterocycles. The molecule has 0 nitrogen and oxygen atoms in total. The zero-order valence-electron chi connectivity index (χ0n) is 32.1. The average molecular weight is 669 g/mol. The first-order chi connectivity index (χ1) is 25.0. The second kappa shape index (κ2) is 10.5. The van der Waals surface area contributed by atoms with Crippen LogP contribution in [0, 0.1) is 69.2 Å². The van der Waals surface area contributed by atoms with E-state index < -0.39 is 0 Å². The lowest BCUT2D eigenvalue weighted by atomic mass is 9.83. The summed E-state index contributed by atoms with van der Waals surface area (Å²) in [5.41, 5.74) is 19.5. The van der Waals surface area contributed by atoms with Gasteiger partial charge in [0.05, 0.1) is 0 Å². The number of benzene rings is 8. The van der Waals surface area contributed by atoms with Gasteiger partial charge in [0.15, 0.2) is 0 Å². The third-order valence-corrected chi connectivity index (χ3v) is 13.9. The summed E-state index contributed by atoms with van der Waals surface area (Å²) in [5, 5.41) is 19.0. The molecule has 10 aromatic rings. The van der Waals surface area contributed by atoms with Crippen LogP contribution in [0.2, 0.25) is 0 Å². The highest BCUT2D eigenvalue weighted by Crippen LogP contribution is 2.51. The van der Waals surface area contributed by atoms with Crippen LogP contribution in [0.15, 0.2) is 84.9 Å². The molecule has 0 unspecified atom stereocenters. The Morgan fingerprint density at radius 2 is 0.615 bits per heavy atom.